The maximum Gasteiger partial charge on any atom is 0.330 e. The largest absolute Gasteiger partial charge is 0.458 e. The van der Waals surface area contributed by atoms with Crippen molar-refractivity contribution in [3.05, 3.63) is 0 Å². The summed E-state index contributed by atoms with van der Waals surface area (Å²) in [7, 11) is 0. The van der Waals surface area contributed by atoms with Crippen LogP contribution in [0.25, 0.3) is 0 Å². The average molecular weight is 419 g/mol. The van der Waals surface area contributed by atoms with Crippen molar-refractivity contribution in [2.24, 2.45) is 5.41 Å². The number of rotatable bonds is 7. The van der Waals surface area contributed by atoms with Crippen molar-refractivity contribution >= 4 is 30.4 Å². The summed E-state index contributed by atoms with van der Waals surface area (Å²) in [6.45, 7) is 13.0. The van der Waals surface area contributed by atoms with Gasteiger partial charge >= 0.3 is 5.97 Å². The Balaban J connectivity index is 2.50. The van der Waals surface area contributed by atoms with Crippen LogP contribution in [0, 0.1) is 5.41 Å². The van der Waals surface area contributed by atoms with Crippen molar-refractivity contribution in [1.82, 2.24) is 10.6 Å². The van der Waals surface area contributed by atoms with Crippen LogP contribution in [-0.2, 0) is 28.6 Å². The molecule has 162 valence electrons. The molecule has 1 rings (SSSR count). The predicted octanol–water partition coefficient (Wildman–Crippen LogP) is 1.43. The third-order valence-corrected chi connectivity index (χ3v) is 4.37. The zero-order valence-electron chi connectivity index (χ0n) is 17.9. The molecule has 0 unspecified atom stereocenters. The van der Waals surface area contributed by atoms with Crippen LogP contribution < -0.4 is 10.6 Å². The fourth-order valence-electron chi connectivity index (χ4n) is 2.53. The van der Waals surface area contributed by atoms with E-state index in [0.29, 0.717) is 6.61 Å². The topological polar surface area (TPSA) is 103 Å². The third kappa shape index (κ3) is 7.97. The number of hydrogen-bond donors (Lipinski definition) is 3. The Morgan fingerprint density at radius 3 is 2.36 bits per heavy atom. The summed E-state index contributed by atoms with van der Waals surface area (Å²) in [4.78, 5) is 36.7. The standard InChI is InChI=1S/C19H34N2O6S/c1-17(2,3)27-16(24)12(10-28)21-13(22)8-9-20-15(23)14-18(4,5)11-25-19(6,7)26-14/h12,14,28H,8-11H2,1-7H3,(H,20,23)(H,21,22)/t12-,14-/m0/s1. The minimum Gasteiger partial charge on any atom is -0.458 e. The monoisotopic (exact) mass is 418 g/mol. The zero-order chi connectivity index (χ0) is 21.8. The summed E-state index contributed by atoms with van der Waals surface area (Å²) in [6.07, 6.45) is -0.669. The summed E-state index contributed by atoms with van der Waals surface area (Å²) in [5, 5.41) is 5.30. The molecule has 8 nitrogen and oxygen atoms in total. The maximum absolute atomic E-state index is 12.5. The molecule has 1 fully saturated rings. The highest BCUT2D eigenvalue weighted by Gasteiger charge is 2.45. The molecule has 0 saturated carbocycles. The molecule has 0 aliphatic carbocycles. The van der Waals surface area contributed by atoms with E-state index < -0.39 is 34.9 Å². The Morgan fingerprint density at radius 2 is 1.82 bits per heavy atom. The minimum atomic E-state index is -0.845. The number of thiol groups is 1. The second-order valence-electron chi connectivity index (χ2n) is 9.05. The van der Waals surface area contributed by atoms with E-state index in [2.05, 4.69) is 23.3 Å². The van der Waals surface area contributed by atoms with Crippen LogP contribution in [0.1, 0.15) is 54.9 Å². The number of ether oxygens (including phenoxy) is 3. The lowest BCUT2D eigenvalue weighted by Gasteiger charge is -2.44. The Hall–Kier alpha value is -1.32. The fraction of sp³-hybridized carbons (Fsp3) is 0.842. The van der Waals surface area contributed by atoms with Crippen LogP contribution in [0.4, 0.5) is 0 Å². The van der Waals surface area contributed by atoms with Gasteiger partial charge in [-0.1, -0.05) is 13.8 Å². The molecule has 0 aromatic heterocycles. The first-order valence-electron chi connectivity index (χ1n) is 9.39. The Kier molecular flexibility index (Phi) is 8.34. The van der Waals surface area contributed by atoms with Crippen LogP contribution in [0.5, 0.6) is 0 Å². The van der Waals surface area contributed by atoms with Crippen LogP contribution in [0.15, 0.2) is 0 Å². The molecular formula is C19H34N2O6S. The fourth-order valence-corrected chi connectivity index (χ4v) is 2.77. The predicted molar refractivity (Wildman–Crippen MR) is 108 cm³/mol. The van der Waals surface area contributed by atoms with Crippen molar-refractivity contribution in [2.75, 3.05) is 18.9 Å². The van der Waals surface area contributed by atoms with E-state index in [-0.39, 0.29) is 30.5 Å². The van der Waals surface area contributed by atoms with E-state index in [1.807, 2.05) is 13.8 Å². The molecule has 0 aromatic carbocycles. The van der Waals surface area contributed by atoms with Gasteiger partial charge in [-0.05, 0) is 34.6 Å². The normalized spacial score (nSPS) is 22.1. The summed E-state index contributed by atoms with van der Waals surface area (Å²) in [5.74, 6) is -1.95. The molecule has 2 N–H and O–H groups in total. The van der Waals surface area contributed by atoms with Crippen LogP contribution in [-0.4, -0.2) is 60.2 Å². The molecule has 1 aliphatic rings. The maximum atomic E-state index is 12.5. The van der Waals surface area contributed by atoms with E-state index in [1.165, 1.54) is 0 Å². The molecule has 0 spiro atoms. The van der Waals surface area contributed by atoms with Crippen molar-refractivity contribution in [2.45, 2.75) is 78.4 Å². The van der Waals surface area contributed by atoms with Crippen molar-refractivity contribution in [3.63, 3.8) is 0 Å². The second kappa shape index (κ2) is 9.45. The number of nitrogens with one attached hydrogen (secondary N) is 2. The summed E-state index contributed by atoms with van der Waals surface area (Å²) in [6, 6.07) is -0.843. The van der Waals surface area contributed by atoms with Gasteiger partial charge in [0.25, 0.3) is 0 Å². The van der Waals surface area contributed by atoms with Crippen LogP contribution >= 0.6 is 12.6 Å². The van der Waals surface area contributed by atoms with Crippen molar-refractivity contribution in [1.29, 1.82) is 0 Å². The number of carbonyl (C=O) groups is 3. The zero-order valence-corrected chi connectivity index (χ0v) is 18.8. The molecular weight excluding hydrogens is 384 g/mol. The molecule has 9 heteroatoms. The first-order valence-corrected chi connectivity index (χ1v) is 10.0. The Morgan fingerprint density at radius 1 is 1.21 bits per heavy atom. The highest BCUT2D eigenvalue weighted by molar-refractivity contribution is 7.80. The average Bonchev–Trinajstić information content (AvgIpc) is 2.53. The minimum absolute atomic E-state index is 0.0197. The second-order valence-corrected chi connectivity index (χ2v) is 9.42. The SMILES string of the molecule is CC(C)(C)OC(=O)[C@H](CS)NC(=O)CCNC(=O)[C@@H]1OC(C)(C)OCC1(C)C. The van der Waals surface area contributed by atoms with Gasteiger partial charge in [-0.2, -0.15) is 12.6 Å². The van der Waals surface area contributed by atoms with Gasteiger partial charge in [0.05, 0.1) is 6.61 Å². The molecule has 28 heavy (non-hydrogen) atoms. The Labute approximate surface area is 172 Å². The third-order valence-electron chi connectivity index (χ3n) is 4.00. The smallest absolute Gasteiger partial charge is 0.330 e. The van der Waals surface area contributed by atoms with Crippen molar-refractivity contribution in [3.8, 4) is 0 Å². The van der Waals surface area contributed by atoms with Crippen LogP contribution in [0.2, 0.25) is 0 Å². The van der Waals surface area contributed by atoms with E-state index in [0.717, 1.165) is 0 Å². The van der Waals surface area contributed by atoms with E-state index >= 15 is 0 Å². The van der Waals surface area contributed by atoms with E-state index in [9.17, 15) is 14.4 Å². The summed E-state index contributed by atoms with van der Waals surface area (Å²) in [5.41, 5.74) is -1.14. The van der Waals surface area contributed by atoms with Gasteiger partial charge in [0.15, 0.2) is 5.79 Å². The molecule has 0 bridgehead atoms. The van der Waals surface area contributed by atoms with Gasteiger partial charge < -0.3 is 24.8 Å². The van der Waals surface area contributed by atoms with Gasteiger partial charge in [0.1, 0.15) is 17.7 Å². The molecule has 0 aromatic rings. The summed E-state index contributed by atoms with van der Waals surface area (Å²) < 4.78 is 16.6. The van der Waals surface area contributed by atoms with Gasteiger partial charge in [-0.3, -0.25) is 9.59 Å². The molecule has 1 aliphatic heterocycles. The molecule has 1 saturated heterocycles. The first-order chi connectivity index (χ1) is 12.7. The van der Waals surface area contributed by atoms with Gasteiger partial charge in [-0.15, -0.1) is 0 Å². The summed E-state index contributed by atoms with van der Waals surface area (Å²) >= 11 is 4.09. The highest BCUT2D eigenvalue weighted by atomic mass is 32.1. The highest BCUT2D eigenvalue weighted by Crippen LogP contribution is 2.34. The number of carbonyl (C=O) groups excluding carboxylic acids is 3. The van der Waals surface area contributed by atoms with Gasteiger partial charge in [0.2, 0.25) is 11.8 Å². The van der Waals surface area contributed by atoms with Crippen molar-refractivity contribution < 1.29 is 28.6 Å². The molecule has 1 heterocycles. The first kappa shape index (κ1) is 24.7. The van der Waals surface area contributed by atoms with Crippen LogP contribution in [0.3, 0.4) is 0 Å². The lowest BCUT2D eigenvalue weighted by atomic mass is 9.85. The van der Waals surface area contributed by atoms with Gasteiger partial charge in [-0.25, -0.2) is 4.79 Å². The lowest BCUT2D eigenvalue weighted by molar-refractivity contribution is -0.304. The molecule has 2 atom stereocenters. The number of hydrogen-bond acceptors (Lipinski definition) is 7. The lowest BCUT2D eigenvalue weighted by Crippen LogP contribution is -2.56. The quantitative estimate of drug-likeness (QED) is 0.427. The van der Waals surface area contributed by atoms with E-state index in [1.54, 1.807) is 34.6 Å². The number of esters is 1. The van der Waals surface area contributed by atoms with E-state index in [4.69, 9.17) is 14.2 Å². The number of amides is 2. The molecule has 2 amide bonds. The Bertz CT molecular complexity index is 585. The van der Waals surface area contributed by atoms with Gasteiger partial charge in [0, 0.05) is 24.1 Å². The molecule has 0 radical (unpaired) electrons.